The Hall–Kier alpha value is -4.29. The number of aliphatic carboxylic acids is 1. The van der Waals surface area contributed by atoms with Crippen molar-refractivity contribution in [3.63, 3.8) is 0 Å². The third kappa shape index (κ3) is 5.82. The summed E-state index contributed by atoms with van der Waals surface area (Å²) >= 11 is 2.09. The fourth-order valence-electron chi connectivity index (χ4n) is 4.10. The molecule has 2 aliphatic heterocycles. The molecule has 16 nitrogen and oxygen atoms in total. The molecule has 1 saturated heterocycles. The second-order valence-electron chi connectivity index (χ2n) is 8.41. The van der Waals surface area contributed by atoms with Gasteiger partial charge in [0.2, 0.25) is 17.4 Å². The van der Waals surface area contributed by atoms with E-state index in [1.165, 1.54) is 24.8 Å². The van der Waals surface area contributed by atoms with Crippen LogP contribution in [0.3, 0.4) is 0 Å². The van der Waals surface area contributed by atoms with Crippen LogP contribution < -0.4 is 26.2 Å². The van der Waals surface area contributed by atoms with E-state index in [1.807, 2.05) is 0 Å². The fraction of sp³-hybridized carbons (Fsp3) is 0.364. The van der Waals surface area contributed by atoms with Gasteiger partial charge in [-0.25, -0.2) is 0 Å². The number of carboxylic acids is 1. The topological polar surface area (TPSA) is 221 Å². The summed E-state index contributed by atoms with van der Waals surface area (Å²) in [5, 5.41) is 30.0. The number of nitrogens with zero attached hydrogens (tertiary/aromatic N) is 6. The number of nitrogens with two attached hydrogens (primary N) is 1. The highest BCUT2D eigenvalue weighted by Gasteiger charge is 2.53. The summed E-state index contributed by atoms with van der Waals surface area (Å²) in [6.45, 7) is 4.77. The quantitative estimate of drug-likeness (QED) is 0.0492. The van der Waals surface area contributed by atoms with Gasteiger partial charge in [0.25, 0.3) is 11.8 Å². The van der Waals surface area contributed by atoms with Crippen molar-refractivity contribution in [1.29, 1.82) is 0 Å². The molecular weight excluding hydrogens is 566 g/mol. The Balaban J connectivity index is 1.55. The van der Waals surface area contributed by atoms with Crippen LogP contribution in [0.1, 0.15) is 12.7 Å². The largest absolute Gasteiger partial charge is 0.543 e. The highest BCUT2D eigenvalue weighted by atomic mass is 32.2. The van der Waals surface area contributed by atoms with E-state index in [-0.39, 0.29) is 60.3 Å². The van der Waals surface area contributed by atoms with Crippen molar-refractivity contribution < 1.29 is 38.9 Å². The van der Waals surface area contributed by atoms with Crippen molar-refractivity contribution in [3.05, 3.63) is 42.0 Å². The standard InChI is InChI=1S/C22H25N9O7S2/c1-3-8-38-27-14(17-26-22(23)40-28-17)18(34)25-15-19(35)31-16(21(36)37)12(10-39-20(15)31)9-29-5-4-13(24-11(2)33)30(29)6-7-32/h3-5,15,20,32H,1,6-10H2,2H3,(H4,23,25,26,28,34,36,37)/t15-,20-/m1/s1. The lowest BCUT2D eigenvalue weighted by atomic mass is 10.0. The van der Waals surface area contributed by atoms with Gasteiger partial charge >= 0.3 is 0 Å². The van der Waals surface area contributed by atoms with Gasteiger partial charge in [0, 0.05) is 29.8 Å². The maximum absolute atomic E-state index is 13.1. The zero-order chi connectivity index (χ0) is 29.0. The first-order chi connectivity index (χ1) is 19.2. The number of aromatic nitrogens is 4. The Morgan fingerprint density at radius 3 is 2.85 bits per heavy atom. The van der Waals surface area contributed by atoms with Crippen molar-refractivity contribution in [1.82, 2.24) is 24.3 Å². The van der Waals surface area contributed by atoms with E-state index < -0.39 is 29.2 Å². The molecule has 1 fully saturated rings. The van der Waals surface area contributed by atoms with Gasteiger partial charge in [-0.15, -0.1) is 21.1 Å². The van der Waals surface area contributed by atoms with E-state index in [2.05, 4.69) is 31.7 Å². The molecule has 0 saturated carbocycles. The molecule has 4 heterocycles. The molecule has 212 valence electrons. The molecule has 2 aromatic heterocycles. The SMILES string of the molecule is C=CCON=C(C(=O)N[C@@H]1C(=O)N2C(C(=O)[O-])=C(C[n+]3ccc(NC(C)=O)n3CCO)CS[C@H]12)c1nsc(N)n1. The Labute approximate surface area is 235 Å². The third-order valence-electron chi connectivity index (χ3n) is 5.71. The zero-order valence-corrected chi connectivity index (χ0v) is 22.7. The first kappa shape index (κ1) is 28.7. The second kappa shape index (κ2) is 12.3. The molecule has 0 radical (unpaired) electrons. The Kier molecular flexibility index (Phi) is 8.80. The molecule has 40 heavy (non-hydrogen) atoms. The molecule has 0 aromatic carbocycles. The number of aliphatic hydroxyl groups is 1. The lowest BCUT2D eigenvalue weighted by Gasteiger charge is -2.50. The van der Waals surface area contributed by atoms with Crippen LogP contribution in [0.15, 0.2) is 41.3 Å². The molecule has 0 unspecified atom stereocenters. The number of oxime groups is 1. The minimum absolute atomic E-state index is 0.000433. The van der Waals surface area contributed by atoms with Gasteiger partial charge in [-0.2, -0.15) is 9.36 Å². The summed E-state index contributed by atoms with van der Waals surface area (Å²) < 4.78 is 7.15. The number of aliphatic hydroxyl groups excluding tert-OH is 1. The average molecular weight is 592 g/mol. The number of β-lactam (4-membered cyclic amide) rings is 1. The molecule has 3 amide bonds. The van der Waals surface area contributed by atoms with E-state index in [0.29, 0.717) is 11.4 Å². The average Bonchev–Trinajstić information content (AvgIpc) is 3.50. The lowest BCUT2D eigenvalue weighted by Crippen LogP contribution is -2.71. The minimum atomic E-state index is -1.55. The number of carboxylic acid groups (broad SMARTS) is 1. The van der Waals surface area contributed by atoms with Crippen LogP contribution >= 0.6 is 23.3 Å². The number of fused-ring (bicyclic) bond motifs is 1. The smallest absolute Gasteiger partial charge is 0.278 e. The molecule has 4 rings (SSSR count). The summed E-state index contributed by atoms with van der Waals surface area (Å²) in [6, 6.07) is 0.546. The van der Waals surface area contributed by atoms with E-state index in [4.69, 9.17) is 10.6 Å². The summed E-state index contributed by atoms with van der Waals surface area (Å²) in [7, 11) is 0. The van der Waals surface area contributed by atoms with E-state index >= 15 is 0 Å². The summed E-state index contributed by atoms with van der Waals surface area (Å²) in [6.07, 6.45) is 3.03. The molecule has 0 spiro atoms. The summed E-state index contributed by atoms with van der Waals surface area (Å²) in [5.74, 6) is -2.82. The molecule has 0 bridgehead atoms. The van der Waals surface area contributed by atoms with Crippen molar-refractivity contribution in [2.75, 3.05) is 30.0 Å². The predicted octanol–water partition coefficient (Wildman–Crippen LogP) is -2.83. The highest BCUT2D eigenvalue weighted by Crippen LogP contribution is 2.40. The minimum Gasteiger partial charge on any atom is -0.543 e. The van der Waals surface area contributed by atoms with E-state index in [1.54, 1.807) is 21.6 Å². The van der Waals surface area contributed by atoms with E-state index in [9.17, 15) is 29.4 Å². The number of anilines is 2. The molecular formula is C22H25N9O7S2. The van der Waals surface area contributed by atoms with Crippen LogP contribution in [0.4, 0.5) is 10.9 Å². The molecule has 5 N–H and O–H groups in total. The first-order valence-electron chi connectivity index (χ1n) is 11.7. The zero-order valence-electron chi connectivity index (χ0n) is 21.1. The van der Waals surface area contributed by atoms with Crippen LogP contribution in [0.25, 0.3) is 0 Å². The van der Waals surface area contributed by atoms with Gasteiger partial charge in [0.05, 0.1) is 24.3 Å². The van der Waals surface area contributed by atoms with Crippen LogP contribution in [0, 0.1) is 0 Å². The molecule has 18 heteroatoms. The van der Waals surface area contributed by atoms with Crippen LogP contribution in [-0.4, -0.2) is 83.8 Å². The Morgan fingerprint density at radius 2 is 2.23 bits per heavy atom. The number of hydrogen-bond donors (Lipinski definition) is 4. The Bertz CT molecular complexity index is 1420. The van der Waals surface area contributed by atoms with Crippen molar-refractivity contribution in [3.8, 4) is 0 Å². The first-order valence-corrected chi connectivity index (χ1v) is 13.6. The van der Waals surface area contributed by atoms with Gasteiger partial charge in [-0.05, 0) is 0 Å². The van der Waals surface area contributed by atoms with Crippen LogP contribution in [0.2, 0.25) is 0 Å². The highest BCUT2D eigenvalue weighted by molar-refractivity contribution is 8.00. The predicted molar refractivity (Wildman–Crippen MR) is 140 cm³/mol. The van der Waals surface area contributed by atoms with Gasteiger partial charge in [-0.3, -0.25) is 19.3 Å². The second-order valence-corrected chi connectivity index (χ2v) is 10.3. The number of nitrogens with one attached hydrogen (secondary N) is 2. The van der Waals surface area contributed by atoms with Crippen LogP contribution in [-0.2, 0) is 37.1 Å². The number of nitrogen functional groups attached to an aromatic ring is 1. The summed E-state index contributed by atoms with van der Waals surface area (Å²) in [4.78, 5) is 59.9. The maximum atomic E-state index is 13.1. The number of carbonyl (C=O) groups is 4. The number of rotatable bonds is 12. The van der Waals surface area contributed by atoms with Gasteiger partial charge < -0.3 is 36.2 Å². The molecule has 2 aliphatic rings. The Morgan fingerprint density at radius 1 is 1.45 bits per heavy atom. The van der Waals surface area contributed by atoms with Crippen molar-refractivity contribution in [2.24, 2.45) is 5.16 Å². The molecule has 0 aliphatic carbocycles. The number of thioether (sulfide) groups is 1. The van der Waals surface area contributed by atoms with Crippen LogP contribution in [0.5, 0.6) is 0 Å². The fourth-order valence-corrected chi connectivity index (χ4v) is 5.87. The van der Waals surface area contributed by atoms with Gasteiger partial charge in [-0.1, -0.05) is 17.8 Å². The monoisotopic (exact) mass is 591 g/mol. The third-order valence-corrected chi connectivity index (χ3v) is 7.59. The van der Waals surface area contributed by atoms with Gasteiger partial charge in [0.15, 0.2) is 23.7 Å². The maximum Gasteiger partial charge on any atom is 0.278 e. The lowest BCUT2D eigenvalue weighted by molar-refractivity contribution is -0.767. The van der Waals surface area contributed by atoms with E-state index in [0.717, 1.165) is 16.4 Å². The normalized spacial score (nSPS) is 18.6. The number of carbonyl (C=O) groups excluding carboxylic acids is 4. The van der Waals surface area contributed by atoms with Crippen molar-refractivity contribution in [2.45, 2.75) is 31.4 Å². The number of hydrogen-bond acceptors (Lipinski definition) is 13. The van der Waals surface area contributed by atoms with Crippen molar-refractivity contribution >= 4 is 63.6 Å². The van der Waals surface area contributed by atoms with Gasteiger partial charge in [0.1, 0.15) is 24.6 Å². The molecule has 2 aromatic rings. The number of amides is 3. The summed E-state index contributed by atoms with van der Waals surface area (Å²) in [5.41, 5.74) is 5.37. The molecule has 2 atom stereocenters.